The Bertz CT molecular complexity index is 194. The smallest absolute Gasteiger partial charge is 0.0472 e. The van der Waals surface area contributed by atoms with Gasteiger partial charge in [-0.3, -0.25) is 0 Å². The molecule has 1 fully saturated rings. The van der Waals surface area contributed by atoms with Crippen molar-refractivity contribution in [2.24, 2.45) is 0 Å². The molecule has 0 aliphatic carbocycles. The Morgan fingerprint density at radius 3 is 3.45 bits per heavy atom. The summed E-state index contributed by atoms with van der Waals surface area (Å²) in [6, 6.07) is 0.582. The summed E-state index contributed by atoms with van der Waals surface area (Å²) in [5.41, 5.74) is 1.37. The monoisotopic (exact) mass is 150 g/mol. The predicted octanol–water partition coefficient (Wildman–Crippen LogP) is 0.782. The fraction of sp³-hybridized carbons (Fsp3) is 0.556. The lowest BCUT2D eigenvalue weighted by atomic mass is 10.0. The normalized spacial score (nSPS) is 29.8. The molecule has 0 radical (unpaired) electrons. The van der Waals surface area contributed by atoms with Crippen molar-refractivity contribution in [3.05, 3.63) is 23.9 Å². The molecule has 60 valence electrons. The van der Waals surface area contributed by atoms with Crippen LogP contribution in [0.4, 0.5) is 0 Å². The van der Waals surface area contributed by atoms with Gasteiger partial charge in [-0.25, -0.2) is 0 Å². The van der Waals surface area contributed by atoms with Gasteiger partial charge < -0.3 is 10.6 Å². The van der Waals surface area contributed by atoms with Crippen molar-refractivity contribution in [2.75, 3.05) is 13.1 Å². The maximum atomic E-state index is 3.47. The van der Waals surface area contributed by atoms with Crippen LogP contribution in [-0.4, -0.2) is 19.1 Å². The fourth-order valence-electron chi connectivity index (χ4n) is 1.65. The summed E-state index contributed by atoms with van der Waals surface area (Å²) in [7, 11) is 0. The standard InChI is InChI=1S/C9H14N2/c1-2-6-10-9-5-3-7-11-8(9)4-1/h1-2,4,9-11H,3,5-7H2. The molecule has 0 spiro atoms. The third-order valence-corrected chi connectivity index (χ3v) is 2.27. The van der Waals surface area contributed by atoms with E-state index in [0.717, 1.165) is 13.1 Å². The molecule has 2 heteroatoms. The summed E-state index contributed by atoms with van der Waals surface area (Å²) in [6.07, 6.45) is 9.03. The maximum absolute atomic E-state index is 3.47. The van der Waals surface area contributed by atoms with Crippen molar-refractivity contribution in [3.63, 3.8) is 0 Å². The van der Waals surface area contributed by atoms with Gasteiger partial charge in [-0.2, -0.15) is 0 Å². The van der Waals surface area contributed by atoms with Gasteiger partial charge in [0.2, 0.25) is 0 Å². The molecule has 0 aromatic carbocycles. The molecule has 1 unspecified atom stereocenters. The van der Waals surface area contributed by atoms with Gasteiger partial charge in [0, 0.05) is 24.8 Å². The summed E-state index contributed by atoms with van der Waals surface area (Å²) in [5.74, 6) is 0. The van der Waals surface area contributed by atoms with E-state index < -0.39 is 0 Å². The molecule has 11 heavy (non-hydrogen) atoms. The second-order valence-corrected chi connectivity index (χ2v) is 3.08. The second-order valence-electron chi connectivity index (χ2n) is 3.08. The summed E-state index contributed by atoms with van der Waals surface area (Å²) in [6.45, 7) is 2.14. The van der Waals surface area contributed by atoms with Crippen LogP contribution < -0.4 is 10.6 Å². The topological polar surface area (TPSA) is 24.1 Å². The highest BCUT2D eigenvalue weighted by atomic mass is 15.0. The zero-order valence-corrected chi connectivity index (χ0v) is 6.64. The van der Waals surface area contributed by atoms with Crippen LogP contribution in [0.5, 0.6) is 0 Å². The molecule has 2 heterocycles. The minimum atomic E-state index is 0.582. The van der Waals surface area contributed by atoms with Crippen LogP contribution in [0.25, 0.3) is 0 Å². The van der Waals surface area contributed by atoms with E-state index in [4.69, 9.17) is 0 Å². The first-order chi connectivity index (χ1) is 5.47. The highest BCUT2D eigenvalue weighted by Gasteiger charge is 2.17. The third kappa shape index (κ3) is 1.46. The number of fused-ring (bicyclic) bond motifs is 1. The molecule has 0 aromatic heterocycles. The van der Waals surface area contributed by atoms with Crippen molar-refractivity contribution < 1.29 is 0 Å². The van der Waals surface area contributed by atoms with E-state index >= 15 is 0 Å². The Morgan fingerprint density at radius 1 is 1.45 bits per heavy atom. The summed E-state index contributed by atoms with van der Waals surface area (Å²) in [5, 5.41) is 6.87. The minimum absolute atomic E-state index is 0.582. The third-order valence-electron chi connectivity index (χ3n) is 2.27. The first kappa shape index (κ1) is 6.92. The van der Waals surface area contributed by atoms with Crippen LogP contribution in [-0.2, 0) is 0 Å². The van der Waals surface area contributed by atoms with Crippen molar-refractivity contribution in [2.45, 2.75) is 18.9 Å². The molecule has 1 saturated heterocycles. The van der Waals surface area contributed by atoms with E-state index in [1.54, 1.807) is 0 Å². The predicted molar refractivity (Wildman–Crippen MR) is 46.3 cm³/mol. The Hall–Kier alpha value is -0.760. The number of rotatable bonds is 0. The Kier molecular flexibility index (Phi) is 1.95. The number of allylic oxidation sites excluding steroid dienone is 2. The summed E-state index contributed by atoms with van der Waals surface area (Å²) in [4.78, 5) is 0. The van der Waals surface area contributed by atoms with Gasteiger partial charge in [-0.15, -0.1) is 0 Å². The Labute approximate surface area is 67.4 Å². The molecule has 2 rings (SSSR count). The number of piperidine rings is 1. The van der Waals surface area contributed by atoms with E-state index in [-0.39, 0.29) is 0 Å². The SMILES string of the molecule is C1=CCNC2CCCNC2=C1. The lowest BCUT2D eigenvalue weighted by Gasteiger charge is -2.26. The quantitative estimate of drug-likeness (QED) is 0.533. The van der Waals surface area contributed by atoms with Crippen LogP contribution in [0.2, 0.25) is 0 Å². The van der Waals surface area contributed by atoms with Gasteiger partial charge in [0.15, 0.2) is 0 Å². The van der Waals surface area contributed by atoms with E-state index in [1.165, 1.54) is 18.5 Å². The van der Waals surface area contributed by atoms with E-state index in [9.17, 15) is 0 Å². The second kappa shape index (κ2) is 3.09. The van der Waals surface area contributed by atoms with E-state index in [0.29, 0.717) is 6.04 Å². The molecular formula is C9H14N2. The molecule has 0 bridgehead atoms. The summed E-state index contributed by atoms with van der Waals surface area (Å²) >= 11 is 0. The highest BCUT2D eigenvalue weighted by molar-refractivity contribution is 5.20. The molecule has 2 N–H and O–H groups in total. The molecule has 0 saturated carbocycles. The molecule has 2 aliphatic rings. The van der Waals surface area contributed by atoms with Crippen molar-refractivity contribution in [1.29, 1.82) is 0 Å². The van der Waals surface area contributed by atoms with Crippen LogP contribution in [0.3, 0.4) is 0 Å². The Balaban J connectivity index is 2.11. The van der Waals surface area contributed by atoms with Gasteiger partial charge in [0.1, 0.15) is 0 Å². The van der Waals surface area contributed by atoms with Crippen LogP contribution in [0.15, 0.2) is 23.9 Å². The first-order valence-electron chi connectivity index (χ1n) is 4.31. The lowest BCUT2D eigenvalue weighted by molar-refractivity contribution is 0.464. The van der Waals surface area contributed by atoms with Gasteiger partial charge in [-0.1, -0.05) is 12.2 Å². The van der Waals surface area contributed by atoms with E-state index in [1.807, 2.05) is 0 Å². The van der Waals surface area contributed by atoms with Crippen LogP contribution in [0.1, 0.15) is 12.8 Å². The van der Waals surface area contributed by atoms with Gasteiger partial charge in [-0.05, 0) is 18.9 Å². The number of hydrogen-bond donors (Lipinski definition) is 2. The lowest BCUT2D eigenvalue weighted by Crippen LogP contribution is -2.40. The largest absolute Gasteiger partial charge is 0.387 e. The van der Waals surface area contributed by atoms with E-state index in [2.05, 4.69) is 28.9 Å². The maximum Gasteiger partial charge on any atom is 0.0472 e. The minimum Gasteiger partial charge on any atom is -0.387 e. The fourth-order valence-corrected chi connectivity index (χ4v) is 1.65. The van der Waals surface area contributed by atoms with Crippen molar-refractivity contribution in [3.8, 4) is 0 Å². The van der Waals surface area contributed by atoms with Gasteiger partial charge in [0.05, 0.1) is 0 Å². The highest BCUT2D eigenvalue weighted by Crippen LogP contribution is 2.13. The number of hydrogen-bond acceptors (Lipinski definition) is 2. The van der Waals surface area contributed by atoms with Crippen molar-refractivity contribution >= 4 is 0 Å². The summed E-state index contributed by atoms with van der Waals surface area (Å²) < 4.78 is 0. The van der Waals surface area contributed by atoms with Crippen LogP contribution >= 0.6 is 0 Å². The zero-order valence-electron chi connectivity index (χ0n) is 6.64. The molecular weight excluding hydrogens is 136 g/mol. The average Bonchev–Trinajstić information content (AvgIpc) is 2.28. The number of nitrogens with one attached hydrogen (secondary N) is 2. The van der Waals surface area contributed by atoms with Crippen LogP contribution in [0, 0.1) is 0 Å². The molecule has 1 atom stereocenters. The molecule has 2 aliphatic heterocycles. The molecule has 0 amide bonds. The molecule has 0 aromatic rings. The van der Waals surface area contributed by atoms with Gasteiger partial charge in [0.25, 0.3) is 0 Å². The average molecular weight is 150 g/mol. The molecule has 2 nitrogen and oxygen atoms in total. The first-order valence-corrected chi connectivity index (χ1v) is 4.31. The van der Waals surface area contributed by atoms with Crippen molar-refractivity contribution in [1.82, 2.24) is 10.6 Å². The van der Waals surface area contributed by atoms with Gasteiger partial charge >= 0.3 is 0 Å². The zero-order chi connectivity index (χ0) is 7.52. The Morgan fingerprint density at radius 2 is 2.45 bits per heavy atom.